The Morgan fingerprint density at radius 2 is 1.63 bits per heavy atom. The van der Waals surface area contributed by atoms with E-state index in [4.69, 9.17) is 23.7 Å². The highest BCUT2D eigenvalue weighted by molar-refractivity contribution is 6.03. The molecule has 1 amide bonds. The lowest BCUT2D eigenvalue weighted by atomic mass is 9.99. The molecule has 2 heterocycles. The highest BCUT2D eigenvalue weighted by Crippen LogP contribution is 2.41. The Hall–Kier alpha value is -4.34. The van der Waals surface area contributed by atoms with Crippen molar-refractivity contribution >= 4 is 28.6 Å². The smallest absolute Gasteiger partial charge is 0.297 e. The number of hydrogen-bond acceptors (Lipinski definition) is 12. The van der Waals surface area contributed by atoms with Crippen LogP contribution in [0, 0.1) is 0 Å². The lowest BCUT2D eigenvalue weighted by molar-refractivity contribution is -0.277. The Balaban J connectivity index is 1.46. The molecule has 0 unspecified atom stereocenters. The Bertz CT molecular complexity index is 1650. The lowest BCUT2D eigenvalue weighted by Gasteiger charge is -2.39. The quantitative estimate of drug-likeness (QED) is 0.0953. The van der Waals surface area contributed by atoms with Crippen molar-refractivity contribution in [2.75, 3.05) is 32.8 Å². The van der Waals surface area contributed by atoms with Crippen molar-refractivity contribution in [2.45, 2.75) is 76.2 Å². The van der Waals surface area contributed by atoms with E-state index in [1.165, 1.54) is 49.5 Å². The molecule has 4 rings (SSSR count). The highest BCUT2D eigenvalue weighted by atomic mass is 16.7. The summed E-state index contributed by atoms with van der Waals surface area (Å²) in [7, 11) is 4.30. The molecule has 5 atom stereocenters. The van der Waals surface area contributed by atoms with Gasteiger partial charge in [-0.25, -0.2) is 0 Å². The van der Waals surface area contributed by atoms with Crippen molar-refractivity contribution in [1.29, 1.82) is 0 Å². The third kappa shape index (κ3) is 8.83. The normalized spacial score (nSPS) is 20.8. The van der Waals surface area contributed by atoms with Gasteiger partial charge < -0.3 is 59.1 Å². The Kier molecular flexibility index (Phi) is 13.3. The third-order valence-electron chi connectivity index (χ3n) is 8.33. The molecule has 14 nitrogen and oxygen atoms in total. The summed E-state index contributed by atoms with van der Waals surface area (Å²) in [4.78, 5) is 25.9. The molecule has 49 heavy (non-hydrogen) atoms. The van der Waals surface area contributed by atoms with Crippen LogP contribution >= 0.6 is 0 Å². The first-order chi connectivity index (χ1) is 23.5. The molecule has 6 N–H and O–H groups in total. The van der Waals surface area contributed by atoms with Crippen molar-refractivity contribution in [3.05, 3.63) is 52.3 Å². The second kappa shape index (κ2) is 17.4. The van der Waals surface area contributed by atoms with E-state index in [1.54, 1.807) is 25.2 Å². The monoisotopic (exact) mass is 686 g/mol. The summed E-state index contributed by atoms with van der Waals surface area (Å²) >= 11 is 0. The van der Waals surface area contributed by atoms with Gasteiger partial charge in [0.05, 0.1) is 33.0 Å². The van der Waals surface area contributed by atoms with Crippen LogP contribution in [0.3, 0.4) is 0 Å². The number of benzene rings is 2. The minimum Gasteiger partial charge on any atom is -0.504 e. The summed E-state index contributed by atoms with van der Waals surface area (Å²) in [6.45, 7) is 1.86. The van der Waals surface area contributed by atoms with Crippen LogP contribution in [0.4, 0.5) is 5.69 Å². The summed E-state index contributed by atoms with van der Waals surface area (Å²) in [6.07, 6.45) is 1.65. The first-order valence-corrected chi connectivity index (χ1v) is 16.2. The zero-order valence-corrected chi connectivity index (χ0v) is 28.1. The van der Waals surface area contributed by atoms with E-state index >= 15 is 0 Å². The average molecular weight is 687 g/mol. The number of carbonyl (C=O) groups is 1. The summed E-state index contributed by atoms with van der Waals surface area (Å²) in [6, 6.07) is 7.85. The number of pyridine rings is 1. The molecule has 0 bridgehead atoms. The molecule has 1 aromatic heterocycles. The van der Waals surface area contributed by atoms with Crippen molar-refractivity contribution in [2.24, 2.45) is 7.05 Å². The molecule has 1 aliphatic rings. The van der Waals surface area contributed by atoms with Gasteiger partial charge in [-0.15, -0.1) is 0 Å². The zero-order valence-electron chi connectivity index (χ0n) is 28.1. The van der Waals surface area contributed by atoms with Crippen molar-refractivity contribution in [3.8, 4) is 28.7 Å². The van der Waals surface area contributed by atoms with E-state index in [2.05, 4.69) is 12.2 Å². The minimum absolute atomic E-state index is 0.0110. The second-order valence-corrected chi connectivity index (χ2v) is 11.8. The standard InChI is InChI=1S/C35H46N2O12/c1-5-6-7-8-9-10-15-47-33-28(40)22-13-12-21(18-23(22)37(2)34(33)44)36-27(39)14-11-20-16-24(45-3)32(25(17-20)46-4)49-35-31(43)30(42)29(41)26(19-38)48-35/h11-14,16-18,26,29-31,35,38,40-43H,5-10,15,19H2,1-4H3,(H,36,39)/b14-11+/t26-,29-,30+,31-,35+/m1/s1. The number of methoxy groups -OCH3 is 2. The number of fused-ring (bicyclic) bond motifs is 1. The fourth-order valence-electron chi connectivity index (χ4n) is 5.51. The van der Waals surface area contributed by atoms with Gasteiger partial charge in [-0.2, -0.15) is 0 Å². The number of unbranched alkanes of at least 4 members (excludes halogenated alkanes) is 5. The van der Waals surface area contributed by atoms with Gasteiger partial charge in [0, 0.05) is 24.2 Å². The molecular formula is C35H46N2O12. The van der Waals surface area contributed by atoms with Crippen LogP contribution in [0.5, 0.6) is 28.7 Å². The highest BCUT2D eigenvalue weighted by Gasteiger charge is 2.45. The number of nitrogens with one attached hydrogen (secondary N) is 1. The number of aliphatic hydroxyl groups excluding tert-OH is 4. The van der Waals surface area contributed by atoms with Crippen molar-refractivity contribution in [1.82, 2.24) is 4.57 Å². The SMILES string of the molecule is CCCCCCCCOc1c(O)c2ccc(NC(=O)/C=C/c3cc(OC)c(O[C@@H]4O[C@H](CO)[C@@H](O)[C@H](O)[C@H]4O)c(OC)c3)cc2n(C)c1=O. The Morgan fingerprint density at radius 1 is 0.959 bits per heavy atom. The van der Waals surface area contributed by atoms with Crippen LogP contribution in [0.15, 0.2) is 41.2 Å². The first kappa shape index (κ1) is 37.5. The van der Waals surface area contributed by atoms with Gasteiger partial charge in [-0.3, -0.25) is 9.59 Å². The number of carbonyl (C=O) groups excluding carboxylic acids is 1. The lowest BCUT2D eigenvalue weighted by Crippen LogP contribution is -2.60. The van der Waals surface area contributed by atoms with E-state index in [-0.39, 0.29) is 28.7 Å². The van der Waals surface area contributed by atoms with E-state index in [0.717, 1.165) is 32.1 Å². The minimum atomic E-state index is -1.65. The fourth-order valence-corrected chi connectivity index (χ4v) is 5.51. The molecule has 0 saturated carbocycles. The molecule has 2 aromatic carbocycles. The van der Waals surface area contributed by atoms with Gasteiger partial charge in [0.1, 0.15) is 24.4 Å². The molecule has 14 heteroatoms. The van der Waals surface area contributed by atoms with Gasteiger partial charge in [0.2, 0.25) is 23.7 Å². The number of aliphatic hydroxyl groups is 4. The molecule has 0 radical (unpaired) electrons. The van der Waals surface area contributed by atoms with Crippen molar-refractivity contribution in [3.63, 3.8) is 0 Å². The van der Waals surface area contributed by atoms with Crippen LogP contribution in [-0.2, 0) is 16.6 Å². The summed E-state index contributed by atoms with van der Waals surface area (Å²) in [5, 5.41) is 54.1. The van der Waals surface area contributed by atoms with Gasteiger partial charge in [-0.1, -0.05) is 39.0 Å². The molecule has 3 aromatic rings. The molecule has 1 aliphatic heterocycles. The number of hydrogen-bond donors (Lipinski definition) is 6. The molecule has 1 saturated heterocycles. The van der Waals surface area contributed by atoms with Gasteiger partial charge in [0.25, 0.3) is 5.56 Å². The predicted octanol–water partition coefficient (Wildman–Crippen LogP) is 2.83. The number of aryl methyl sites for hydroxylation is 1. The summed E-state index contributed by atoms with van der Waals surface area (Å²) in [5.41, 5.74) is 0.780. The number of aromatic hydroxyl groups is 1. The first-order valence-electron chi connectivity index (χ1n) is 16.2. The second-order valence-electron chi connectivity index (χ2n) is 11.8. The third-order valence-corrected chi connectivity index (χ3v) is 8.33. The number of rotatable bonds is 16. The van der Waals surface area contributed by atoms with Crippen LogP contribution in [0.1, 0.15) is 51.0 Å². The average Bonchev–Trinajstić information content (AvgIpc) is 3.10. The largest absolute Gasteiger partial charge is 0.504 e. The molecular weight excluding hydrogens is 640 g/mol. The maximum absolute atomic E-state index is 13.0. The Labute approximate surface area is 284 Å². The van der Waals surface area contributed by atoms with Gasteiger partial charge >= 0.3 is 0 Å². The van der Waals surface area contributed by atoms with Crippen LogP contribution in [0.2, 0.25) is 0 Å². The zero-order chi connectivity index (χ0) is 35.7. The van der Waals surface area contributed by atoms with Gasteiger partial charge in [-0.05, 0) is 48.4 Å². The van der Waals surface area contributed by atoms with Gasteiger partial charge in [0.15, 0.2) is 17.2 Å². The Morgan fingerprint density at radius 3 is 2.29 bits per heavy atom. The van der Waals surface area contributed by atoms with E-state index in [1.807, 2.05) is 0 Å². The number of amides is 1. The fraction of sp³-hybridized carbons (Fsp3) is 0.486. The molecule has 1 fully saturated rings. The number of anilines is 1. The molecule has 268 valence electrons. The van der Waals surface area contributed by atoms with Crippen molar-refractivity contribution < 1.29 is 54.0 Å². The molecule has 0 spiro atoms. The summed E-state index contributed by atoms with van der Waals surface area (Å²) in [5.74, 6) is -0.546. The van der Waals surface area contributed by atoms with E-state index in [0.29, 0.717) is 28.8 Å². The summed E-state index contributed by atoms with van der Waals surface area (Å²) < 4.78 is 29.2. The van der Waals surface area contributed by atoms with E-state index in [9.17, 15) is 35.1 Å². The predicted molar refractivity (Wildman–Crippen MR) is 181 cm³/mol. The van der Waals surface area contributed by atoms with E-state index < -0.39 is 48.8 Å². The van der Waals surface area contributed by atoms with Crippen LogP contribution < -0.4 is 29.8 Å². The number of aromatic nitrogens is 1. The maximum atomic E-state index is 13.0. The number of nitrogens with zero attached hydrogens (tertiary/aromatic N) is 1. The molecule has 0 aliphatic carbocycles. The topological polar surface area (TPSA) is 198 Å². The van der Waals surface area contributed by atoms with Crippen LogP contribution in [-0.4, -0.2) is 94.1 Å². The number of ether oxygens (including phenoxy) is 5. The van der Waals surface area contributed by atoms with Crippen LogP contribution in [0.25, 0.3) is 17.0 Å². The maximum Gasteiger partial charge on any atom is 0.297 e.